The molecule has 0 bridgehead atoms. The second-order valence-corrected chi connectivity index (χ2v) is 6.18. The minimum atomic E-state index is 0.400. The fourth-order valence-corrected chi connectivity index (χ4v) is 3.36. The third-order valence-corrected chi connectivity index (χ3v) is 4.25. The highest BCUT2D eigenvalue weighted by Crippen LogP contribution is 2.35. The Labute approximate surface area is 144 Å². The van der Waals surface area contributed by atoms with Crippen LogP contribution in [0.5, 0.6) is 0 Å². The number of hydrogen-bond acceptors (Lipinski definition) is 1. The Hall–Kier alpha value is -1.48. The molecule has 5 heteroatoms. The molecule has 0 aromatic heterocycles. The number of nitrogens with zero attached hydrogens (tertiary/aromatic N) is 1. The molecule has 0 N–H and O–H groups in total. The molecule has 0 amide bonds. The summed E-state index contributed by atoms with van der Waals surface area (Å²) in [4.78, 5) is 0. The van der Waals surface area contributed by atoms with E-state index in [0.717, 1.165) is 11.4 Å². The first-order valence-electron chi connectivity index (χ1n) is 6.72. The van der Waals surface area contributed by atoms with Crippen molar-refractivity contribution in [3.63, 3.8) is 0 Å². The summed E-state index contributed by atoms with van der Waals surface area (Å²) in [5.41, 5.74) is 2.79. The molecule has 0 aliphatic carbocycles. The Kier molecular flexibility index (Phi) is 4.44. The summed E-state index contributed by atoms with van der Waals surface area (Å²) < 4.78 is 7.93. The molecule has 0 radical (unpaired) electrons. The van der Waals surface area contributed by atoms with Crippen molar-refractivity contribution in [3.05, 3.63) is 69.2 Å². The monoisotopic (exact) mass is 352 g/mol. The van der Waals surface area contributed by atoms with Gasteiger partial charge in [0.1, 0.15) is 5.76 Å². The van der Waals surface area contributed by atoms with Gasteiger partial charge in [-0.05, 0) is 12.1 Å². The molecule has 0 saturated carbocycles. The van der Waals surface area contributed by atoms with Gasteiger partial charge in [0.15, 0.2) is 5.71 Å². The molecule has 0 fully saturated rings. The molecule has 0 unspecified atom stereocenters. The summed E-state index contributed by atoms with van der Waals surface area (Å²) in [6.07, 6.45) is 1.93. The fraction of sp³-hybridized carbons (Fsp3) is 0.118. The second-order valence-electron chi connectivity index (χ2n) is 4.93. The Balaban J connectivity index is 2.04. The number of ether oxygens (including phenoxy) is 1. The van der Waals surface area contributed by atoms with Crippen LogP contribution < -0.4 is 0 Å². The lowest BCUT2D eigenvalue weighted by Gasteiger charge is -2.17. The van der Waals surface area contributed by atoms with Gasteiger partial charge in [0.25, 0.3) is 6.73 Å². The lowest BCUT2D eigenvalue weighted by molar-refractivity contribution is -0.484. The molecule has 1 aliphatic heterocycles. The normalized spacial score (nSPS) is 14.6. The predicted octanol–water partition coefficient (Wildman–Crippen LogP) is 5.78. The SMILES string of the molecule is CC1=[N+](c2ccccc2)COC(c2c(Cl)cc(Cl)cc2Cl)=C1. The average molecular weight is 354 g/mol. The number of halogens is 3. The van der Waals surface area contributed by atoms with Gasteiger partial charge in [-0.2, -0.15) is 4.58 Å². The van der Waals surface area contributed by atoms with Crippen LogP contribution >= 0.6 is 34.8 Å². The van der Waals surface area contributed by atoms with Crippen LogP contribution in [0.3, 0.4) is 0 Å². The molecule has 2 nitrogen and oxygen atoms in total. The highest BCUT2D eigenvalue weighted by Gasteiger charge is 2.23. The molecule has 0 atom stereocenters. The predicted molar refractivity (Wildman–Crippen MR) is 92.4 cm³/mol. The smallest absolute Gasteiger partial charge is 0.292 e. The minimum Gasteiger partial charge on any atom is -0.435 e. The first-order valence-corrected chi connectivity index (χ1v) is 7.85. The van der Waals surface area contributed by atoms with Crippen LogP contribution in [0.4, 0.5) is 5.69 Å². The Morgan fingerprint density at radius 1 is 1.00 bits per heavy atom. The number of allylic oxidation sites excluding steroid dienone is 1. The van der Waals surface area contributed by atoms with Crippen molar-refractivity contribution in [1.29, 1.82) is 0 Å². The van der Waals surface area contributed by atoms with E-state index in [1.54, 1.807) is 12.1 Å². The maximum Gasteiger partial charge on any atom is 0.292 e. The average Bonchev–Trinajstić information content (AvgIpc) is 2.47. The lowest BCUT2D eigenvalue weighted by atomic mass is 10.1. The maximum atomic E-state index is 6.26. The summed E-state index contributed by atoms with van der Waals surface area (Å²) in [6.45, 7) is 2.42. The molecule has 0 spiro atoms. The molecule has 22 heavy (non-hydrogen) atoms. The summed E-state index contributed by atoms with van der Waals surface area (Å²) in [6, 6.07) is 13.4. The van der Waals surface area contributed by atoms with Crippen molar-refractivity contribution >= 4 is 52.0 Å². The van der Waals surface area contributed by atoms with Crippen molar-refractivity contribution in [1.82, 2.24) is 0 Å². The Bertz CT molecular complexity index is 759. The van der Waals surface area contributed by atoms with Crippen molar-refractivity contribution in [2.24, 2.45) is 0 Å². The van der Waals surface area contributed by atoms with Crippen LogP contribution in [-0.4, -0.2) is 17.0 Å². The zero-order chi connectivity index (χ0) is 15.7. The number of rotatable bonds is 2. The van der Waals surface area contributed by atoms with E-state index in [4.69, 9.17) is 39.5 Å². The molecule has 3 rings (SSSR count). The van der Waals surface area contributed by atoms with Gasteiger partial charge in [-0.25, -0.2) is 0 Å². The second kappa shape index (κ2) is 6.33. The standard InChI is InChI=1S/C17H13Cl3NO/c1-11-7-16(17-14(19)8-12(18)9-15(17)20)22-10-21(11)13-5-3-2-4-6-13/h2-9H,10H2,1H3/q+1. The topological polar surface area (TPSA) is 12.2 Å². The third-order valence-electron chi connectivity index (χ3n) is 3.44. The molecule has 1 aliphatic rings. The van der Waals surface area contributed by atoms with Crippen molar-refractivity contribution in [2.75, 3.05) is 6.73 Å². The molecule has 1 heterocycles. The largest absolute Gasteiger partial charge is 0.435 e. The number of hydrogen-bond donors (Lipinski definition) is 0. The van der Waals surface area contributed by atoms with Gasteiger partial charge < -0.3 is 4.74 Å². The van der Waals surface area contributed by atoms with Crippen molar-refractivity contribution in [2.45, 2.75) is 6.92 Å². The summed E-state index contributed by atoms with van der Waals surface area (Å²) >= 11 is 18.5. The van der Waals surface area contributed by atoms with Gasteiger partial charge in [-0.15, -0.1) is 0 Å². The van der Waals surface area contributed by atoms with E-state index in [9.17, 15) is 0 Å². The van der Waals surface area contributed by atoms with Crippen LogP contribution in [0, 0.1) is 0 Å². The molecule has 2 aromatic rings. The van der Waals surface area contributed by atoms with Crippen LogP contribution in [0.25, 0.3) is 5.76 Å². The van der Waals surface area contributed by atoms with Crippen LogP contribution in [0.15, 0.2) is 48.5 Å². The van der Waals surface area contributed by atoms with Gasteiger partial charge in [0.05, 0.1) is 15.6 Å². The summed E-state index contributed by atoms with van der Waals surface area (Å²) in [7, 11) is 0. The van der Waals surface area contributed by atoms with Crippen molar-refractivity contribution in [3.8, 4) is 0 Å². The molecule has 0 saturated heterocycles. The third kappa shape index (κ3) is 3.00. The van der Waals surface area contributed by atoms with Gasteiger partial charge in [-0.1, -0.05) is 53.0 Å². The van der Waals surface area contributed by atoms with Crippen LogP contribution in [0.2, 0.25) is 15.1 Å². The minimum absolute atomic E-state index is 0.400. The zero-order valence-corrected chi connectivity index (χ0v) is 14.1. The van der Waals surface area contributed by atoms with E-state index in [1.165, 1.54) is 0 Å². The highest BCUT2D eigenvalue weighted by molar-refractivity contribution is 6.40. The highest BCUT2D eigenvalue weighted by atomic mass is 35.5. The number of para-hydroxylation sites is 1. The first kappa shape index (κ1) is 15.4. The van der Waals surface area contributed by atoms with Gasteiger partial charge in [0, 0.05) is 30.2 Å². The molecular formula is C17H13Cl3NO+. The van der Waals surface area contributed by atoms with Crippen molar-refractivity contribution < 1.29 is 9.31 Å². The van der Waals surface area contributed by atoms with E-state index in [0.29, 0.717) is 33.1 Å². The van der Waals surface area contributed by atoms with E-state index >= 15 is 0 Å². The zero-order valence-electron chi connectivity index (χ0n) is 11.8. The van der Waals surface area contributed by atoms with Gasteiger partial charge >= 0.3 is 0 Å². The van der Waals surface area contributed by atoms with Crippen LogP contribution in [0.1, 0.15) is 12.5 Å². The molecule has 2 aromatic carbocycles. The number of benzene rings is 2. The molecular weight excluding hydrogens is 341 g/mol. The van der Waals surface area contributed by atoms with Gasteiger partial charge in [0.2, 0.25) is 5.69 Å². The van der Waals surface area contributed by atoms with E-state index in [2.05, 4.69) is 4.58 Å². The van der Waals surface area contributed by atoms with E-state index in [1.807, 2.05) is 43.3 Å². The van der Waals surface area contributed by atoms with E-state index in [-0.39, 0.29) is 0 Å². The summed E-state index contributed by atoms with van der Waals surface area (Å²) in [5.74, 6) is 0.649. The Morgan fingerprint density at radius 3 is 2.23 bits per heavy atom. The Morgan fingerprint density at radius 2 is 1.64 bits per heavy atom. The molecule has 112 valence electrons. The quantitative estimate of drug-likeness (QED) is 0.623. The maximum absolute atomic E-state index is 6.26. The lowest BCUT2D eigenvalue weighted by Crippen LogP contribution is -2.21. The van der Waals surface area contributed by atoms with E-state index < -0.39 is 0 Å². The summed E-state index contributed by atoms with van der Waals surface area (Å²) in [5, 5.41) is 1.45. The van der Waals surface area contributed by atoms with Crippen LogP contribution in [-0.2, 0) is 4.74 Å². The van der Waals surface area contributed by atoms with Gasteiger partial charge in [-0.3, -0.25) is 0 Å². The first-order chi connectivity index (χ1) is 10.6. The fourth-order valence-electron chi connectivity index (χ4n) is 2.35.